The SMILES string of the molecule is CCOC1=C([Si](C)(C)C)C(=O)C1(Cl)Cl. The van der Waals surface area contributed by atoms with E-state index in [2.05, 4.69) is 19.6 Å². The second-order valence-electron chi connectivity index (χ2n) is 4.29. The van der Waals surface area contributed by atoms with E-state index >= 15 is 0 Å². The second kappa shape index (κ2) is 3.54. The van der Waals surface area contributed by atoms with E-state index in [1.54, 1.807) is 0 Å². The molecule has 0 aromatic heterocycles. The largest absolute Gasteiger partial charge is 0.494 e. The third-order valence-corrected chi connectivity index (χ3v) is 4.70. The van der Waals surface area contributed by atoms with Crippen molar-refractivity contribution in [1.29, 1.82) is 0 Å². The highest BCUT2D eigenvalue weighted by atomic mass is 35.5. The number of halogens is 2. The molecule has 0 bridgehead atoms. The maximum absolute atomic E-state index is 11.6. The third kappa shape index (κ3) is 1.73. The molecule has 0 radical (unpaired) electrons. The van der Waals surface area contributed by atoms with Crippen LogP contribution in [0.1, 0.15) is 6.92 Å². The molecule has 0 atom stereocenters. The van der Waals surface area contributed by atoms with E-state index in [4.69, 9.17) is 27.9 Å². The number of carbonyl (C=O) groups is 1. The summed E-state index contributed by atoms with van der Waals surface area (Å²) in [7, 11) is -1.69. The van der Waals surface area contributed by atoms with Gasteiger partial charge in [0.1, 0.15) is 5.76 Å². The van der Waals surface area contributed by atoms with Crippen molar-refractivity contribution < 1.29 is 9.53 Å². The van der Waals surface area contributed by atoms with E-state index in [9.17, 15) is 4.79 Å². The fraction of sp³-hybridized carbons (Fsp3) is 0.667. The van der Waals surface area contributed by atoms with Gasteiger partial charge in [0, 0.05) is 5.20 Å². The highest BCUT2D eigenvalue weighted by molar-refractivity contribution is 6.91. The molecule has 0 heterocycles. The number of allylic oxidation sites excluding steroid dienone is 2. The number of hydrogen-bond acceptors (Lipinski definition) is 2. The number of ketones is 1. The van der Waals surface area contributed by atoms with Crippen LogP contribution in [0, 0.1) is 0 Å². The predicted octanol–water partition coefficient (Wildman–Crippen LogP) is 2.91. The average Bonchev–Trinajstić information content (AvgIpc) is 2.01. The number of alkyl halides is 2. The summed E-state index contributed by atoms with van der Waals surface area (Å²) in [5.74, 6) is 0.302. The smallest absolute Gasteiger partial charge is 0.235 e. The molecule has 0 saturated carbocycles. The van der Waals surface area contributed by atoms with Gasteiger partial charge in [-0.25, -0.2) is 0 Å². The summed E-state index contributed by atoms with van der Waals surface area (Å²) < 4.78 is 3.91. The molecule has 0 fully saturated rings. The first-order valence-corrected chi connectivity index (χ1v) is 8.79. The average molecular weight is 253 g/mol. The topological polar surface area (TPSA) is 26.3 Å². The standard InChI is InChI=1S/C9H14Cl2O2Si/c1-5-13-8-6(14(2,3)4)7(12)9(8,10)11/h5H2,1-4H3. The van der Waals surface area contributed by atoms with Gasteiger partial charge in [0.2, 0.25) is 10.1 Å². The van der Waals surface area contributed by atoms with Gasteiger partial charge in [-0.15, -0.1) is 0 Å². The lowest BCUT2D eigenvalue weighted by Gasteiger charge is -2.38. The van der Waals surface area contributed by atoms with Crippen molar-refractivity contribution in [3.05, 3.63) is 11.0 Å². The minimum Gasteiger partial charge on any atom is -0.494 e. The maximum atomic E-state index is 11.6. The van der Waals surface area contributed by atoms with Crippen molar-refractivity contribution in [2.24, 2.45) is 0 Å². The monoisotopic (exact) mass is 252 g/mol. The Morgan fingerprint density at radius 3 is 2.21 bits per heavy atom. The zero-order valence-electron chi connectivity index (χ0n) is 8.78. The summed E-state index contributed by atoms with van der Waals surface area (Å²) in [6, 6.07) is 0. The Hall–Kier alpha value is 0.00688. The zero-order chi connectivity index (χ0) is 11.1. The number of Topliss-reactive ketones (excluding diaryl/α,β-unsaturated/α-hetero) is 1. The lowest BCUT2D eigenvalue weighted by molar-refractivity contribution is -0.118. The first-order chi connectivity index (χ1) is 6.23. The van der Waals surface area contributed by atoms with Crippen LogP contribution in [0.15, 0.2) is 11.0 Å². The van der Waals surface area contributed by atoms with Crippen molar-refractivity contribution in [3.63, 3.8) is 0 Å². The minimum absolute atomic E-state index is 0.177. The third-order valence-electron chi connectivity index (χ3n) is 2.06. The van der Waals surface area contributed by atoms with Gasteiger partial charge in [-0.1, -0.05) is 42.8 Å². The predicted molar refractivity (Wildman–Crippen MR) is 61.4 cm³/mol. The van der Waals surface area contributed by atoms with Crippen LogP contribution in [0.2, 0.25) is 19.6 Å². The molecule has 0 saturated heterocycles. The van der Waals surface area contributed by atoms with Gasteiger partial charge < -0.3 is 4.74 Å². The lowest BCUT2D eigenvalue weighted by Crippen LogP contribution is -2.51. The van der Waals surface area contributed by atoms with E-state index < -0.39 is 12.4 Å². The van der Waals surface area contributed by atoms with Crippen LogP contribution in [0.25, 0.3) is 0 Å². The van der Waals surface area contributed by atoms with Crippen molar-refractivity contribution in [2.45, 2.75) is 30.9 Å². The summed E-state index contributed by atoms with van der Waals surface area (Å²) in [5.41, 5.74) is 0. The van der Waals surface area contributed by atoms with Crippen molar-refractivity contribution in [3.8, 4) is 0 Å². The molecule has 0 amide bonds. The van der Waals surface area contributed by atoms with Gasteiger partial charge in [0.25, 0.3) is 0 Å². The van der Waals surface area contributed by atoms with Crippen LogP contribution in [0.3, 0.4) is 0 Å². The molecule has 14 heavy (non-hydrogen) atoms. The van der Waals surface area contributed by atoms with E-state index in [0.29, 0.717) is 12.4 Å². The molecule has 1 aliphatic carbocycles. The highest BCUT2D eigenvalue weighted by Crippen LogP contribution is 2.47. The van der Waals surface area contributed by atoms with Gasteiger partial charge in [-0.3, -0.25) is 4.79 Å². The summed E-state index contributed by atoms with van der Waals surface area (Å²) in [5, 5.41) is 0.740. The van der Waals surface area contributed by atoms with Crippen molar-refractivity contribution in [1.82, 2.24) is 0 Å². The molecule has 0 aromatic carbocycles. The Bertz CT molecular complexity index is 302. The molecule has 0 aliphatic heterocycles. The molecule has 0 unspecified atom stereocenters. The van der Waals surface area contributed by atoms with E-state index in [1.165, 1.54) is 0 Å². The van der Waals surface area contributed by atoms with Crippen LogP contribution in [0.5, 0.6) is 0 Å². The van der Waals surface area contributed by atoms with Gasteiger partial charge >= 0.3 is 0 Å². The van der Waals surface area contributed by atoms with Gasteiger partial charge in [-0.2, -0.15) is 0 Å². The van der Waals surface area contributed by atoms with Crippen molar-refractivity contribution >= 4 is 37.1 Å². The summed E-state index contributed by atoms with van der Waals surface area (Å²) >= 11 is 11.7. The van der Waals surface area contributed by atoms with E-state index in [0.717, 1.165) is 5.20 Å². The molecule has 1 aliphatic rings. The number of rotatable bonds is 3. The molecule has 80 valence electrons. The molecule has 2 nitrogen and oxygen atoms in total. The van der Waals surface area contributed by atoms with E-state index in [1.807, 2.05) is 6.92 Å². The van der Waals surface area contributed by atoms with Crippen LogP contribution in [-0.2, 0) is 9.53 Å². The molecule has 0 N–H and O–H groups in total. The quantitative estimate of drug-likeness (QED) is 0.571. The number of carbonyl (C=O) groups excluding carboxylic acids is 1. The number of hydrogen-bond donors (Lipinski definition) is 0. The first kappa shape index (κ1) is 12.1. The molecular formula is C9H14Cl2O2Si. The van der Waals surface area contributed by atoms with Crippen LogP contribution in [0.4, 0.5) is 0 Å². The molecular weight excluding hydrogens is 239 g/mol. The van der Waals surface area contributed by atoms with Gasteiger partial charge in [0.05, 0.1) is 14.7 Å². The first-order valence-electron chi connectivity index (χ1n) is 4.53. The minimum atomic E-state index is -1.69. The van der Waals surface area contributed by atoms with Crippen LogP contribution < -0.4 is 0 Å². The fourth-order valence-electron chi connectivity index (χ4n) is 1.45. The Balaban J connectivity index is 3.12. The zero-order valence-corrected chi connectivity index (χ0v) is 11.3. The Kier molecular flexibility index (Phi) is 3.06. The molecule has 0 aromatic rings. The van der Waals surface area contributed by atoms with Gasteiger partial charge in [-0.05, 0) is 6.92 Å². The summed E-state index contributed by atoms with van der Waals surface area (Å²) in [6.07, 6.45) is 0. The molecule has 1 rings (SSSR count). The molecule has 0 spiro atoms. The Morgan fingerprint density at radius 1 is 1.36 bits per heavy atom. The van der Waals surface area contributed by atoms with E-state index in [-0.39, 0.29) is 5.78 Å². The van der Waals surface area contributed by atoms with Crippen LogP contribution in [-0.4, -0.2) is 24.8 Å². The normalized spacial score (nSPS) is 20.9. The van der Waals surface area contributed by atoms with Crippen LogP contribution >= 0.6 is 23.2 Å². The summed E-state index contributed by atoms with van der Waals surface area (Å²) in [4.78, 5) is 11.6. The maximum Gasteiger partial charge on any atom is 0.235 e. The molecule has 5 heteroatoms. The lowest BCUT2D eigenvalue weighted by atomic mass is 10.0. The Morgan fingerprint density at radius 2 is 1.86 bits per heavy atom. The second-order valence-corrected chi connectivity index (χ2v) is 10.6. The summed E-state index contributed by atoms with van der Waals surface area (Å²) in [6.45, 7) is 8.55. The number of ether oxygens (including phenoxy) is 1. The van der Waals surface area contributed by atoms with Gasteiger partial charge in [0.15, 0.2) is 0 Å². The van der Waals surface area contributed by atoms with Crippen molar-refractivity contribution in [2.75, 3.05) is 6.61 Å². The fourth-order valence-corrected chi connectivity index (χ4v) is 4.06. The highest BCUT2D eigenvalue weighted by Gasteiger charge is 2.56. The Labute approximate surface area is 95.2 Å².